The maximum absolute atomic E-state index is 4.84. The molecule has 0 saturated carbocycles. The van der Waals surface area contributed by atoms with Crippen LogP contribution < -0.4 is 0 Å². The molecule has 1 atom stereocenters. The van der Waals surface area contributed by atoms with E-state index in [0.717, 1.165) is 25.6 Å². The van der Waals surface area contributed by atoms with Gasteiger partial charge in [-0.25, -0.2) is 0 Å². The summed E-state index contributed by atoms with van der Waals surface area (Å²) in [5, 5.41) is 0. The van der Waals surface area contributed by atoms with E-state index in [4.69, 9.17) is 4.99 Å². The van der Waals surface area contributed by atoms with Gasteiger partial charge in [-0.3, -0.25) is 9.89 Å². The first-order valence-electron chi connectivity index (χ1n) is 7.69. The molecule has 0 aliphatic carbocycles. The lowest BCUT2D eigenvalue weighted by atomic mass is 10.1. The fraction of sp³-hybridized carbons (Fsp3) is 0.588. The SMILES string of the molecule is CCN(CC)C(CN=C(N(C)C)N(C)C)c1ccccc1.I. The largest absolute Gasteiger partial charge is 0.349 e. The van der Waals surface area contributed by atoms with Crippen molar-refractivity contribution in [3.63, 3.8) is 0 Å². The molecule has 0 saturated heterocycles. The van der Waals surface area contributed by atoms with E-state index >= 15 is 0 Å². The van der Waals surface area contributed by atoms with Crippen LogP contribution >= 0.6 is 24.0 Å². The van der Waals surface area contributed by atoms with Gasteiger partial charge in [0.2, 0.25) is 0 Å². The highest BCUT2D eigenvalue weighted by Gasteiger charge is 2.18. The molecule has 0 heterocycles. The van der Waals surface area contributed by atoms with E-state index in [1.165, 1.54) is 5.56 Å². The van der Waals surface area contributed by atoms with Gasteiger partial charge in [-0.15, -0.1) is 24.0 Å². The molecule has 1 aromatic rings. The number of hydrogen-bond donors (Lipinski definition) is 0. The second-order valence-electron chi connectivity index (χ2n) is 5.58. The Hall–Kier alpha value is -0.820. The van der Waals surface area contributed by atoms with Crippen LogP contribution in [-0.2, 0) is 0 Å². The van der Waals surface area contributed by atoms with Gasteiger partial charge in [-0.1, -0.05) is 44.2 Å². The molecule has 0 bridgehead atoms. The number of hydrogen-bond acceptors (Lipinski definition) is 2. The number of benzene rings is 1. The molecule has 0 aromatic heterocycles. The van der Waals surface area contributed by atoms with Crippen LogP contribution in [0.3, 0.4) is 0 Å². The Morgan fingerprint density at radius 1 is 0.955 bits per heavy atom. The van der Waals surface area contributed by atoms with Crippen molar-refractivity contribution in [2.24, 2.45) is 4.99 Å². The molecule has 5 heteroatoms. The predicted molar refractivity (Wildman–Crippen MR) is 107 cm³/mol. The molecule has 0 fully saturated rings. The van der Waals surface area contributed by atoms with E-state index in [1.807, 2.05) is 28.2 Å². The Balaban J connectivity index is 0.00000441. The summed E-state index contributed by atoms with van der Waals surface area (Å²) in [5.74, 6) is 1.00. The second kappa shape index (κ2) is 10.8. The maximum atomic E-state index is 4.84. The molecule has 1 aromatic carbocycles. The summed E-state index contributed by atoms with van der Waals surface area (Å²) < 4.78 is 0. The Morgan fingerprint density at radius 3 is 1.86 bits per heavy atom. The van der Waals surface area contributed by atoms with Gasteiger partial charge in [0, 0.05) is 28.2 Å². The third-order valence-corrected chi connectivity index (χ3v) is 3.64. The molecule has 0 spiro atoms. The fourth-order valence-corrected chi connectivity index (χ4v) is 2.62. The highest BCUT2D eigenvalue weighted by Crippen LogP contribution is 2.20. The summed E-state index contributed by atoms with van der Waals surface area (Å²) in [7, 11) is 8.14. The Labute approximate surface area is 153 Å². The number of likely N-dealkylation sites (N-methyl/N-ethyl adjacent to an activating group) is 1. The summed E-state index contributed by atoms with van der Waals surface area (Å²) >= 11 is 0. The molecule has 1 rings (SSSR count). The number of aliphatic imine (C=N–C) groups is 1. The van der Waals surface area contributed by atoms with E-state index in [1.54, 1.807) is 0 Å². The second-order valence-corrected chi connectivity index (χ2v) is 5.58. The van der Waals surface area contributed by atoms with Gasteiger partial charge in [0.05, 0.1) is 12.6 Å². The van der Waals surface area contributed by atoms with Gasteiger partial charge in [-0.2, -0.15) is 0 Å². The van der Waals surface area contributed by atoms with Crippen LogP contribution in [0.1, 0.15) is 25.5 Å². The quantitative estimate of drug-likeness (QED) is 0.403. The molecule has 0 radical (unpaired) electrons. The normalized spacial score (nSPS) is 11.6. The zero-order valence-electron chi connectivity index (χ0n) is 14.8. The molecule has 0 aliphatic rings. The Bertz CT molecular complexity index is 418. The highest BCUT2D eigenvalue weighted by atomic mass is 127. The Morgan fingerprint density at radius 2 is 1.45 bits per heavy atom. The average molecular weight is 418 g/mol. The van der Waals surface area contributed by atoms with Gasteiger partial charge in [0.1, 0.15) is 0 Å². The van der Waals surface area contributed by atoms with Gasteiger partial charge >= 0.3 is 0 Å². The predicted octanol–water partition coefficient (Wildman–Crippen LogP) is 3.17. The summed E-state index contributed by atoms with van der Waals surface area (Å²) in [6.45, 7) is 7.26. The average Bonchev–Trinajstić information content (AvgIpc) is 2.47. The standard InChI is InChI=1S/C17H30N4.HI/c1-7-21(8-2)16(15-12-10-9-11-13-15)14-18-17(19(3)4)20(5)6;/h9-13,16H,7-8,14H2,1-6H3;1H. The van der Waals surface area contributed by atoms with Crippen molar-refractivity contribution in [2.45, 2.75) is 19.9 Å². The van der Waals surface area contributed by atoms with E-state index in [9.17, 15) is 0 Å². The van der Waals surface area contributed by atoms with E-state index in [-0.39, 0.29) is 24.0 Å². The number of halogens is 1. The molecule has 0 amide bonds. The van der Waals surface area contributed by atoms with Crippen molar-refractivity contribution in [2.75, 3.05) is 47.8 Å². The van der Waals surface area contributed by atoms with Crippen molar-refractivity contribution < 1.29 is 0 Å². The highest BCUT2D eigenvalue weighted by molar-refractivity contribution is 14.0. The van der Waals surface area contributed by atoms with Gasteiger partial charge < -0.3 is 9.80 Å². The lowest BCUT2D eigenvalue weighted by molar-refractivity contribution is 0.223. The summed E-state index contributed by atoms with van der Waals surface area (Å²) in [4.78, 5) is 11.4. The lowest BCUT2D eigenvalue weighted by Gasteiger charge is -2.30. The molecule has 4 nitrogen and oxygen atoms in total. The van der Waals surface area contributed by atoms with Gasteiger partial charge in [0.25, 0.3) is 0 Å². The molecule has 126 valence electrons. The number of rotatable bonds is 6. The molecular weight excluding hydrogens is 387 g/mol. The van der Waals surface area contributed by atoms with Crippen molar-refractivity contribution in [1.82, 2.24) is 14.7 Å². The van der Waals surface area contributed by atoms with Crippen LogP contribution in [0.4, 0.5) is 0 Å². The first-order valence-corrected chi connectivity index (χ1v) is 7.69. The van der Waals surface area contributed by atoms with Crippen molar-refractivity contribution in [3.05, 3.63) is 35.9 Å². The monoisotopic (exact) mass is 418 g/mol. The van der Waals surface area contributed by atoms with E-state index in [0.29, 0.717) is 6.04 Å². The van der Waals surface area contributed by atoms with Crippen LogP contribution in [0.5, 0.6) is 0 Å². The fourth-order valence-electron chi connectivity index (χ4n) is 2.62. The van der Waals surface area contributed by atoms with Crippen LogP contribution in [0.25, 0.3) is 0 Å². The minimum Gasteiger partial charge on any atom is -0.349 e. The molecule has 0 N–H and O–H groups in total. The van der Waals surface area contributed by atoms with Crippen molar-refractivity contribution in [1.29, 1.82) is 0 Å². The molecule has 0 aliphatic heterocycles. The number of guanidine groups is 1. The van der Waals surface area contributed by atoms with E-state index < -0.39 is 0 Å². The van der Waals surface area contributed by atoms with Crippen LogP contribution in [0, 0.1) is 0 Å². The lowest BCUT2D eigenvalue weighted by Crippen LogP contribution is -2.37. The summed E-state index contributed by atoms with van der Waals surface area (Å²) in [6.07, 6.45) is 0. The van der Waals surface area contributed by atoms with Crippen LogP contribution in [-0.4, -0.2) is 68.5 Å². The number of nitrogens with zero attached hydrogens (tertiary/aromatic N) is 4. The first kappa shape index (κ1) is 21.2. The minimum atomic E-state index is 0. The summed E-state index contributed by atoms with van der Waals surface area (Å²) in [5.41, 5.74) is 1.34. The van der Waals surface area contributed by atoms with Crippen LogP contribution in [0.2, 0.25) is 0 Å². The smallest absolute Gasteiger partial charge is 0.195 e. The summed E-state index contributed by atoms with van der Waals surface area (Å²) in [6, 6.07) is 11.0. The van der Waals surface area contributed by atoms with Crippen molar-refractivity contribution >= 4 is 29.9 Å². The Kier molecular flexibility index (Phi) is 10.4. The molecule has 22 heavy (non-hydrogen) atoms. The topological polar surface area (TPSA) is 22.1 Å². The van der Waals surface area contributed by atoms with Crippen LogP contribution in [0.15, 0.2) is 35.3 Å². The van der Waals surface area contributed by atoms with Gasteiger partial charge in [0.15, 0.2) is 5.96 Å². The maximum Gasteiger partial charge on any atom is 0.195 e. The third-order valence-electron chi connectivity index (χ3n) is 3.64. The first-order chi connectivity index (χ1) is 10.0. The molecule has 1 unspecified atom stereocenters. The molecular formula is C17H31IN4. The van der Waals surface area contributed by atoms with E-state index in [2.05, 4.69) is 58.9 Å². The third kappa shape index (κ3) is 6.12. The van der Waals surface area contributed by atoms with Gasteiger partial charge in [-0.05, 0) is 18.7 Å². The van der Waals surface area contributed by atoms with Crippen molar-refractivity contribution in [3.8, 4) is 0 Å². The minimum absolute atomic E-state index is 0. The zero-order valence-corrected chi connectivity index (χ0v) is 17.1. The zero-order chi connectivity index (χ0) is 15.8.